The zero-order valence-electron chi connectivity index (χ0n) is 7.08. The Hall–Kier alpha value is 1.16. The van der Waals surface area contributed by atoms with Crippen LogP contribution in [0, 0.1) is 0 Å². The largest absolute Gasteiger partial charge is 0.316 e. The van der Waals surface area contributed by atoms with Crippen LogP contribution in [0.15, 0.2) is 11.1 Å². The molecule has 0 bridgehead atoms. The molecule has 0 atom stereocenters. The van der Waals surface area contributed by atoms with Gasteiger partial charge >= 0.3 is 0 Å². The molecule has 0 aliphatic carbocycles. The monoisotopic (exact) mass is 379 g/mol. The first kappa shape index (κ1) is 12.2. The summed E-state index contributed by atoms with van der Waals surface area (Å²) in [7, 11) is 0. The van der Waals surface area contributed by atoms with E-state index in [9.17, 15) is 0 Å². The molecule has 3 heteroatoms. The predicted molar refractivity (Wildman–Crippen MR) is 68.5 cm³/mol. The first-order chi connectivity index (χ1) is 5.30. The highest BCUT2D eigenvalue weighted by molar-refractivity contribution is 15.0. The molecule has 1 aliphatic heterocycles. The molecule has 0 saturated carbocycles. The summed E-state index contributed by atoms with van der Waals surface area (Å²) >= 11 is 4.24. The smallest absolute Gasteiger partial charge is 0 e. The summed E-state index contributed by atoms with van der Waals surface area (Å²) in [5.41, 5.74) is 3.19. The molecule has 1 rings (SSSR count). The zero-order chi connectivity index (χ0) is 8.69. The summed E-state index contributed by atoms with van der Waals surface area (Å²) in [4.78, 5) is 0. The van der Waals surface area contributed by atoms with E-state index in [1.54, 1.807) is 5.57 Å². The van der Waals surface area contributed by atoms with E-state index in [2.05, 4.69) is 56.4 Å². The maximum absolute atomic E-state index is 3.34. The van der Waals surface area contributed by atoms with E-state index < -0.39 is 0 Å². The lowest BCUT2D eigenvalue weighted by molar-refractivity contribution is 0.604. The van der Waals surface area contributed by atoms with Gasteiger partial charge in [0.15, 0.2) is 0 Å². The van der Waals surface area contributed by atoms with E-state index in [-0.39, 0.29) is 0 Å². The van der Waals surface area contributed by atoms with Crippen LogP contribution in [0.5, 0.6) is 0 Å². The van der Waals surface area contributed by atoms with Crippen molar-refractivity contribution >= 4 is 37.2 Å². The van der Waals surface area contributed by atoms with Crippen LogP contribution in [0.3, 0.4) is 0 Å². The Balaban J connectivity index is 0.000000461. The van der Waals surface area contributed by atoms with Crippen molar-refractivity contribution in [1.82, 2.24) is 5.32 Å². The SMILES string of the molecule is CC(C)=C1CCNCC1.II. The Morgan fingerprint density at radius 1 is 1.18 bits per heavy atom. The molecule has 1 fully saturated rings. The van der Waals surface area contributed by atoms with Gasteiger partial charge in [0.2, 0.25) is 0 Å². The topological polar surface area (TPSA) is 12.0 Å². The fourth-order valence-corrected chi connectivity index (χ4v) is 1.23. The van der Waals surface area contributed by atoms with Crippen LogP contribution in [0.4, 0.5) is 0 Å². The van der Waals surface area contributed by atoms with Crippen molar-refractivity contribution in [1.29, 1.82) is 0 Å². The number of hydrogen-bond acceptors (Lipinski definition) is 1. The second kappa shape index (κ2) is 7.79. The van der Waals surface area contributed by atoms with Crippen LogP contribution in [0.25, 0.3) is 0 Å². The van der Waals surface area contributed by atoms with Crippen molar-refractivity contribution in [2.24, 2.45) is 0 Å². The van der Waals surface area contributed by atoms with Gasteiger partial charge in [-0.1, -0.05) is 11.1 Å². The Kier molecular flexibility index (Phi) is 8.61. The third kappa shape index (κ3) is 5.41. The first-order valence-electron chi connectivity index (χ1n) is 3.81. The number of piperidine rings is 1. The van der Waals surface area contributed by atoms with Crippen molar-refractivity contribution in [2.45, 2.75) is 26.7 Å². The van der Waals surface area contributed by atoms with Crippen LogP contribution in [-0.4, -0.2) is 13.1 Å². The fraction of sp³-hybridized carbons (Fsp3) is 0.750. The molecule has 1 nitrogen and oxygen atoms in total. The van der Waals surface area contributed by atoms with Gasteiger partial charge < -0.3 is 5.32 Å². The third-order valence-corrected chi connectivity index (χ3v) is 1.91. The Morgan fingerprint density at radius 3 is 1.91 bits per heavy atom. The highest BCUT2D eigenvalue weighted by atomic mass is 128. The van der Waals surface area contributed by atoms with Crippen LogP contribution in [-0.2, 0) is 0 Å². The van der Waals surface area contributed by atoms with Crippen LogP contribution < -0.4 is 5.32 Å². The van der Waals surface area contributed by atoms with Gasteiger partial charge in [-0.05, 0) is 39.8 Å². The summed E-state index contributed by atoms with van der Waals surface area (Å²) in [6, 6.07) is 0. The maximum atomic E-state index is 3.34. The van der Waals surface area contributed by atoms with E-state index in [1.165, 1.54) is 31.5 Å². The van der Waals surface area contributed by atoms with Crippen LogP contribution in [0.2, 0.25) is 0 Å². The van der Waals surface area contributed by atoms with Gasteiger partial charge in [0.25, 0.3) is 0 Å². The van der Waals surface area contributed by atoms with Crippen LogP contribution in [0.1, 0.15) is 26.7 Å². The van der Waals surface area contributed by atoms with Gasteiger partial charge in [0.05, 0.1) is 0 Å². The van der Waals surface area contributed by atoms with Gasteiger partial charge in [-0.25, -0.2) is 0 Å². The average Bonchev–Trinajstić information content (AvgIpc) is 2.10. The van der Waals surface area contributed by atoms with Gasteiger partial charge in [-0.3, -0.25) is 0 Å². The quantitative estimate of drug-likeness (QED) is 0.502. The van der Waals surface area contributed by atoms with Crippen LogP contribution >= 0.6 is 37.2 Å². The summed E-state index contributed by atoms with van der Waals surface area (Å²) < 4.78 is 0. The molecule has 1 saturated heterocycles. The Morgan fingerprint density at radius 2 is 1.64 bits per heavy atom. The van der Waals surface area contributed by atoms with Gasteiger partial charge in [0, 0.05) is 37.2 Å². The molecular weight excluding hydrogens is 364 g/mol. The second-order valence-electron chi connectivity index (χ2n) is 2.85. The number of rotatable bonds is 0. The normalized spacial score (nSPS) is 16.9. The second-order valence-corrected chi connectivity index (χ2v) is 2.85. The molecule has 0 amide bonds. The molecule has 1 N–H and O–H groups in total. The molecule has 0 aromatic carbocycles. The lowest BCUT2D eigenvalue weighted by Gasteiger charge is -2.16. The van der Waals surface area contributed by atoms with Gasteiger partial charge in [-0.15, -0.1) is 0 Å². The zero-order valence-corrected chi connectivity index (χ0v) is 11.4. The predicted octanol–water partition coefficient (Wildman–Crippen LogP) is 3.48. The summed E-state index contributed by atoms with van der Waals surface area (Å²) in [6.07, 6.45) is 2.53. The third-order valence-electron chi connectivity index (χ3n) is 1.91. The van der Waals surface area contributed by atoms with E-state index in [0.717, 1.165) is 0 Å². The minimum Gasteiger partial charge on any atom is -0.316 e. The lowest BCUT2D eigenvalue weighted by Crippen LogP contribution is -2.23. The van der Waals surface area contributed by atoms with E-state index in [1.807, 2.05) is 0 Å². The van der Waals surface area contributed by atoms with Crippen molar-refractivity contribution in [3.63, 3.8) is 0 Å². The number of nitrogens with one attached hydrogen (secondary N) is 1. The summed E-state index contributed by atoms with van der Waals surface area (Å²) in [5.74, 6) is 0. The lowest BCUT2D eigenvalue weighted by atomic mass is 10.0. The highest BCUT2D eigenvalue weighted by Gasteiger charge is 2.04. The molecule has 0 spiro atoms. The Bertz CT molecular complexity index is 120. The van der Waals surface area contributed by atoms with E-state index >= 15 is 0 Å². The highest BCUT2D eigenvalue weighted by Crippen LogP contribution is 2.13. The molecule has 66 valence electrons. The molecule has 0 radical (unpaired) electrons. The van der Waals surface area contributed by atoms with Crippen molar-refractivity contribution in [2.75, 3.05) is 13.1 Å². The molecular formula is C8H15I2N. The standard InChI is InChI=1S/C8H15N.I2/c1-7(2)8-3-5-9-6-4-8;1-2/h9H,3-6H2,1-2H3;. The summed E-state index contributed by atoms with van der Waals surface area (Å²) in [5, 5.41) is 3.34. The number of hydrogen-bond donors (Lipinski definition) is 1. The maximum Gasteiger partial charge on any atom is 0 e. The Labute approximate surface area is 92.7 Å². The molecule has 1 heterocycles. The minimum atomic E-state index is 1.18. The number of halogens is 2. The fourth-order valence-electron chi connectivity index (χ4n) is 1.23. The molecule has 0 unspecified atom stereocenters. The number of allylic oxidation sites excluding steroid dienone is 1. The van der Waals surface area contributed by atoms with E-state index in [0.29, 0.717) is 0 Å². The van der Waals surface area contributed by atoms with E-state index in [4.69, 9.17) is 0 Å². The molecule has 1 aliphatic rings. The first-order valence-corrected chi connectivity index (χ1v) is 10.1. The molecule has 11 heavy (non-hydrogen) atoms. The van der Waals surface area contributed by atoms with Crippen molar-refractivity contribution < 1.29 is 0 Å². The van der Waals surface area contributed by atoms with Crippen molar-refractivity contribution in [3.8, 4) is 0 Å². The summed E-state index contributed by atoms with van der Waals surface area (Å²) in [6.45, 7) is 6.78. The van der Waals surface area contributed by atoms with Gasteiger partial charge in [-0.2, -0.15) is 0 Å². The van der Waals surface area contributed by atoms with Crippen molar-refractivity contribution in [3.05, 3.63) is 11.1 Å². The minimum absolute atomic E-state index is 1.18. The molecule has 0 aromatic rings. The molecule has 0 aromatic heterocycles. The van der Waals surface area contributed by atoms with Gasteiger partial charge in [0.1, 0.15) is 0 Å². The average molecular weight is 379 g/mol.